The van der Waals surface area contributed by atoms with Gasteiger partial charge in [0, 0.05) is 18.7 Å². The molecule has 0 aliphatic heterocycles. The normalized spacial score (nSPS) is 16.8. The van der Waals surface area contributed by atoms with E-state index in [1.165, 1.54) is 10.9 Å². The van der Waals surface area contributed by atoms with E-state index in [9.17, 15) is 14.4 Å². The minimum atomic E-state index is -0.633. The van der Waals surface area contributed by atoms with E-state index < -0.39 is 6.04 Å². The van der Waals surface area contributed by atoms with Gasteiger partial charge in [0.15, 0.2) is 5.78 Å². The Labute approximate surface area is 167 Å². The molecule has 1 aliphatic carbocycles. The Morgan fingerprint density at radius 2 is 1.93 bits per heavy atom. The van der Waals surface area contributed by atoms with E-state index in [1.807, 2.05) is 36.4 Å². The van der Waals surface area contributed by atoms with E-state index in [4.69, 9.17) is 4.74 Å². The first-order valence-corrected chi connectivity index (χ1v) is 9.48. The first kappa shape index (κ1) is 18.9. The maximum absolute atomic E-state index is 13.2. The maximum atomic E-state index is 13.2. The van der Waals surface area contributed by atoms with Crippen LogP contribution in [0.1, 0.15) is 30.9 Å². The second-order valence-electron chi connectivity index (χ2n) is 7.09. The molecule has 1 heterocycles. The van der Waals surface area contributed by atoms with Crippen LogP contribution >= 0.6 is 0 Å². The monoisotopic (exact) mass is 391 g/mol. The van der Waals surface area contributed by atoms with Gasteiger partial charge in [0.25, 0.3) is 5.56 Å². The molecule has 4 rings (SSSR count). The van der Waals surface area contributed by atoms with Crippen LogP contribution in [-0.2, 0) is 16.1 Å². The minimum Gasteiger partial charge on any atom is -0.497 e. The van der Waals surface area contributed by atoms with Crippen molar-refractivity contribution in [3.63, 3.8) is 0 Å². The third kappa shape index (κ3) is 3.76. The predicted molar refractivity (Wildman–Crippen MR) is 109 cm³/mol. The zero-order chi connectivity index (χ0) is 20.4. The minimum absolute atomic E-state index is 0.0742. The highest BCUT2D eigenvalue weighted by Gasteiger charge is 2.29. The lowest BCUT2D eigenvalue weighted by Crippen LogP contribution is -2.34. The van der Waals surface area contributed by atoms with E-state index >= 15 is 0 Å². The molecule has 7 nitrogen and oxygen atoms in total. The highest BCUT2D eigenvalue weighted by atomic mass is 16.5. The van der Waals surface area contributed by atoms with Gasteiger partial charge in [-0.2, -0.15) is 0 Å². The molecule has 148 valence electrons. The number of fused-ring (bicyclic) bond motifs is 1. The first-order chi connectivity index (χ1) is 14.1. The molecule has 1 saturated carbocycles. The number of hydrogen-bond acceptors (Lipinski definition) is 6. The van der Waals surface area contributed by atoms with E-state index in [2.05, 4.69) is 10.3 Å². The van der Waals surface area contributed by atoms with Crippen molar-refractivity contribution in [2.45, 2.75) is 31.8 Å². The van der Waals surface area contributed by atoms with Gasteiger partial charge in [-0.15, -0.1) is 0 Å². The first-order valence-electron chi connectivity index (χ1n) is 9.48. The molecule has 1 aliphatic rings. The van der Waals surface area contributed by atoms with Crippen LogP contribution in [-0.4, -0.2) is 28.2 Å². The number of rotatable bonds is 5. The Kier molecular flexibility index (Phi) is 5.12. The van der Waals surface area contributed by atoms with Gasteiger partial charge in [0.2, 0.25) is 0 Å². The van der Waals surface area contributed by atoms with Gasteiger partial charge in [0.1, 0.15) is 11.5 Å². The molecule has 0 bridgehead atoms. The number of methoxy groups -OCH3 is 1. The number of carbonyl (C=O) groups excluding carboxylic acids is 2. The summed E-state index contributed by atoms with van der Waals surface area (Å²) in [5.41, 5.74) is 1.98. The number of aromatic nitrogens is 2. The van der Waals surface area contributed by atoms with Crippen molar-refractivity contribution >= 4 is 28.2 Å². The molecule has 0 amide bonds. The van der Waals surface area contributed by atoms with Crippen LogP contribution in [0.4, 0.5) is 5.69 Å². The summed E-state index contributed by atoms with van der Waals surface area (Å²) in [6.07, 6.45) is 1.94. The number of Topliss-reactive ketones (excluding diaryl/α,β-unsaturated/α-hetero) is 2. The Bertz CT molecular complexity index is 1130. The molecule has 0 radical (unpaired) electrons. The maximum Gasteiger partial charge on any atom is 0.263 e. The summed E-state index contributed by atoms with van der Waals surface area (Å²) in [5, 5.41) is 3.74. The molecular weight excluding hydrogens is 370 g/mol. The SMILES string of the molecule is COc1ccc(CNc2cccc3ncn(C4CCC(=O)CC4=O)c(=O)c23)cc1. The summed E-state index contributed by atoms with van der Waals surface area (Å²) < 4.78 is 6.54. The van der Waals surface area contributed by atoms with Crippen molar-refractivity contribution in [2.75, 3.05) is 12.4 Å². The number of anilines is 1. The number of carbonyl (C=O) groups is 2. The average molecular weight is 391 g/mol. The fourth-order valence-electron chi connectivity index (χ4n) is 3.64. The molecule has 1 N–H and O–H groups in total. The summed E-state index contributed by atoms with van der Waals surface area (Å²) in [4.78, 5) is 41.4. The van der Waals surface area contributed by atoms with Crippen molar-refractivity contribution in [3.8, 4) is 5.75 Å². The van der Waals surface area contributed by atoms with E-state index in [-0.39, 0.29) is 23.5 Å². The van der Waals surface area contributed by atoms with Gasteiger partial charge in [-0.1, -0.05) is 18.2 Å². The third-order valence-corrected chi connectivity index (χ3v) is 5.23. The molecule has 7 heteroatoms. The van der Waals surface area contributed by atoms with E-state index in [0.29, 0.717) is 36.0 Å². The number of nitrogens with one attached hydrogen (secondary N) is 1. The standard InChI is InChI=1S/C22H21N3O4/c1-29-16-8-5-14(6-9-16)12-23-17-3-2-4-18-21(17)22(28)25(13-24-18)19-10-7-15(26)11-20(19)27/h2-6,8-9,13,19,23H,7,10-12H2,1H3. The molecule has 1 atom stereocenters. The van der Waals surface area contributed by atoms with Gasteiger partial charge in [-0.05, 0) is 36.2 Å². The number of nitrogens with zero attached hydrogens (tertiary/aromatic N) is 2. The van der Waals surface area contributed by atoms with Crippen LogP contribution in [0.25, 0.3) is 10.9 Å². The zero-order valence-corrected chi connectivity index (χ0v) is 16.1. The average Bonchev–Trinajstić information content (AvgIpc) is 2.73. The predicted octanol–water partition coefficient (Wildman–Crippen LogP) is 2.88. The number of ketones is 2. The van der Waals surface area contributed by atoms with Crippen molar-refractivity contribution in [3.05, 3.63) is 64.7 Å². The highest BCUT2D eigenvalue weighted by Crippen LogP contribution is 2.24. The van der Waals surface area contributed by atoms with Crippen LogP contribution in [0.3, 0.4) is 0 Å². The molecule has 0 saturated heterocycles. The summed E-state index contributed by atoms with van der Waals surface area (Å²) in [6, 6.07) is 12.5. The van der Waals surface area contributed by atoms with Gasteiger partial charge in [-0.3, -0.25) is 19.0 Å². The van der Waals surface area contributed by atoms with Crippen molar-refractivity contribution in [1.82, 2.24) is 9.55 Å². The van der Waals surface area contributed by atoms with Gasteiger partial charge in [0.05, 0.1) is 36.8 Å². The Balaban J connectivity index is 1.66. The fourth-order valence-corrected chi connectivity index (χ4v) is 3.64. The smallest absolute Gasteiger partial charge is 0.263 e. The summed E-state index contributed by atoms with van der Waals surface area (Å²) in [5.74, 6) is 0.477. The van der Waals surface area contributed by atoms with Crippen LogP contribution in [0, 0.1) is 0 Å². The molecule has 0 spiro atoms. The lowest BCUT2D eigenvalue weighted by Gasteiger charge is -2.22. The van der Waals surface area contributed by atoms with E-state index in [0.717, 1.165) is 11.3 Å². The summed E-state index contributed by atoms with van der Waals surface area (Å²) in [6.45, 7) is 0.522. The van der Waals surface area contributed by atoms with Gasteiger partial charge in [-0.25, -0.2) is 4.98 Å². The molecule has 1 unspecified atom stereocenters. The molecule has 3 aromatic rings. The van der Waals surface area contributed by atoms with Crippen LogP contribution < -0.4 is 15.6 Å². The van der Waals surface area contributed by atoms with Gasteiger partial charge >= 0.3 is 0 Å². The third-order valence-electron chi connectivity index (χ3n) is 5.23. The van der Waals surface area contributed by atoms with Crippen molar-refractivity contribution < 1.29 is 14.3 Å². The largest absolute Gasteiger partial charge is 0.497 e. The Morgan fingerprint density at radius 3 is 2.66 bits per heavy atom. The highest BCUT2D eigenvalue weighted by molar-refractivity contribution is 6.03. The van der Waals surface area contributed by atoms with Crippen LogP contribution in [0.5, 0.6) is 5.75 Å². The lowest BCUT2D eigenvalue weighted by atomic mass is 9.93. The Hall–Kier alpha value is -3.48. The topological polar surface area (TPSA) is 90.3 Å². The molecule has 2 aromatic carbocycles. The van der Waals surface area contributed by atoms with Crippen molar-refractivity contribution in [2.24, 2.45) is 0 Å². The number of ether oxygens (including phenoxy) is 1. The molecular formula is C22H21N3O4. The zero-order valence-electron chi connectivity index (χ0n) is 16.1. The van der Waals surface area contributed by atoms with Crippen LogP contribution in [0.15, 0.2) is 53.6 Å². The molecule has 1 fully saturated rings. The number of benzene rings is 2. The molecule has 29 heavy (non-hydrogen) atoms. The second-order valence-corrected chi connectivity index (χ2v) is 7.09. The lowest BCUT2D eigenvalue weighted by molar-refractivity contribution is -0.132. The fraction of sp³-hybridized carbons (Fsp3) is 0.273. The summed E-state index contributed by atoms with van der Waals surface area (Å²) in [7, 11) is 1.62. The van der Waals surface area contributed by atoms with Crippen molar-refractivity contribution in [1.29, 1.82) is 0 Å². The Morgan fingerprint density at radius 1 is 1.14 bits per heavy atom. The second kappa shape index (κ2) is 7.87. The van der Waals surface area contributed by atoms with E-state index in [1.54, 1.807) is 13.2 Å². The van der Waals surface area contributed by atoms with Gasteiger partial charge < -0.3 is 10.1 Å². The van der Waals surface area contributed by atoms with Crippen LogP contribution in [0.2, 0.25) is 0 Å². The number of hydrogen-bond donors (Lipinski definition) is 1. The molecule has 1 aromatic heterocycles. The quantitative estimate of drug-likeness (QED) is 0.673. The summed E-state index contributed by atoms with van der Waals surface area (Å²) >= 11 is 0.